The lowest BCUT2D eigenvalue weighted by Crippen LogP contribution is -2.35. The van der Waals surface area contributed by atoms with Crippen LogP contribution in [0, 0.1) is 5.82 Å². The molecular weight excluding hydrogens is 377 g/mol. The molecule has 0 unspecified atom stereocenters. The number of hydrogen-bond acceptors (Lipinski definition) is 3. The summed E-state index contributed by atoms with van der Waals surface area (Å²) >= 11 is 5.99. The van der Waals surface area contributed by atoms with Gasteiger partial charge in [0.2, 0.25) is 5.91 Å². The highest BCUT2D eigenvalue weighted by Gasteiger charge is 2.29. The second kappa shape index (κ2) is 7.21. The molecule has 0 bridgehead atoms. The first-order valence-corrected chi connectivity index (χ1v) is 10.1. The molecule has 1 aliphatic rings. The van der Waals surface area contributed by atoms with Crippen LogP contribution in [-0.4, -0.2) is 20.9 Å². The van der Waals surface area contributed by atoms with Gasteiger partial charge in [0, 0.05) is 11.6 Å². The summed E-state index contributed by atoms with van der Waals surface area (Å²) in [6.07, 6.45) is 2.62. The average molecular weight is 394 g/mol. The smallest absolute Gasteiger partial charge is 0.250 e. The molecule has 0 N–H and O–H groups in total. The Balaban J connectivity index is 2.08. The second-order valence-electron chi connectivity index (χ2n) is 6.06. The van der Waals surface area contributed by atoms with Crippen molar-refractivity contribution in [2.75, 3.05) is 11.4 Å². The van der Waals surface area contributed by atoms with Gasteiger partial charge in [-0.1, -0.05) is 36.4 Å². The van der Waals surface area contributed by atoms with E-state index in [-0.39, 0.29) is 21.6 Å². The summed E-state index contributed by atoms with van der Waals surface area (Å²) in [5.41, 5.74) is 1.52. The largest absolute Gasteiger partial charge is 0.307 e. The van der Waals surface area contributed by atoms with Gasteiger partial charge in [-0.25, -0.2) is 12.8 Å². The van der Waals surface area contributed by atoms with E-state index in [9.17, 15) is 17.6 Å². The molecule has 0 fully saturated rings. The van der Waals surface area contributed by atoms with Gasteiger partial charge in [-0.3, -0.25) is 4.79 Å². The Labute approximate surface area is 156 Å². The number of sulfone groups is 1. The van der Waals surface area contributed by atoms with Gasteiger partial charge >= 0.3 is 0 Å². The summed E-state index contributed by atoms with van der Waals surface area (Å²) in [6.45, 7) is 3.93. The Kier molecular flexibility index (Phi) is 5.16. The fourth-order valence-corrected chi connectivity index (χ4v) is 5.07. The lowest BCUT2D eigenvalue weighted by Gasteiger charge is -2.30. The number of hydrogen-bond donors (Lipinski definition) is 0. The molecule has 2 aromatic carbocycles. The minimum Gasteiger partial charge on any atom is -0.307 e. The summed E-state index contributed by atoms with van der Waals surface area (Å²) in [5, 5.41) is 0.0531. The summed E-state index contributed by atoms with van der Waals surface area (Å²) < 4.78 is 39.3. The van der Waals surface area contributed by atoms with Gasteiger partial charge in [-0.05, 0) is 48.2 Å². The molecule has 0 radical (unpaired) electrons. The lowest BCUT2D eigenvalue weighted by molar-refractivity contribution is -0.114. The number of aryl methyl sites for hydroxylation is 1. The van der Waals surface area contributed by atoms with E-state index in [1.54, 1.807) is 6.07 Å². The zero-order valence-corrected chi connectivity index (χ0v) is 15.5. The predicted octanol–water partition coefficient (Wildman–Crippen LogP) is 3.92. The molecule has 0 aromatic heterocycles. The molecule has 2 aromatic rings. The van der Waals surface area contributed by atoms with Crippen LogP contribution >= 0.6 is 11.6 Å². The standard InChI is InChI=1S/C19H17ClFNO3S/c1-2-18(23)22-10-4-6-13-5-3-7-17(19(13)22)26(24,25)12-14-8-9-15(21)11-16(14)20/h2-3,5,7-9,11H,1,4,6,10,12H2. The maximum absolute atomic E-state index is 13.2. The van der Waals surface area contributed by atoms with Gasteiger partial charge in [0.25, 0.3) is 0 Å². The molecule has 1 aliphatic heterocycles. The van der Waals surface area contributed by atoms with E-state index in [1.165, 1.54) is 29.2 Å². The van der Waals surface area contributed by atoms with Crippen LogP contribution in [0.3, 0.4) is 0 Å². The van der Waals surface area contributed by atoms with Crippen molar-refractivity contribution in [2.45, 2.75) is 23.5 Å². The van der Waals surface area contributed by atoms with Gasteiger partial charge in [0.1, 0.15) is 5.82 Å². The quantitative estimate of drug-likeness (QED) is 0.740. The maximum Gasteiger partial charge on any atom is 0.250 e. The first kappa shape index (κ1) is 18.6. The van der Waals surface area contributed by atoms with Crippen molar-refractivity contribution in [1.29, 1.82) is 0 Å². The molecule has 136 valence electrons. The minimum absolute atomic E-state index is 0.0531. The van der Waals surface area contributed by atoms with E-state index in [0.717, 1.165) is 18.1 Å². The predicted molar refractivity (Wildman–Crippen MR) is 99.6 cm³/mol. The molecule has 4 nitrogen and oxygen atoms in total. The van der Waals surface area contributed by atoms with E-state index in [1.807, 2.05) is 6.07 Å². The molecule has 26 heavy (non-hydrogen) atoms. The zero-order valence-electron chi connectivity index (χ0n) is 13.9. The molecule has 0 saturated carbocycles. The molecule has 7 heteroatoms. The topological polar surface area (TPSA) is 54.5 Å². The summed E-state index contributed by atoms with van der Waals surface area (Å²) in [6, 6.07) is 8.59. The molecular formula is C19H17ClFNO3S. The molecule has 1 heterocycles. The van der Waals surface area contributed by atoms with E-state index in [2.05, 4.69) is 6.58 Å². The fourth-order valence-electron chi connectivity index (χ4n) is 3.12. The van der Waals surface area contributed by atoms with Crippen LogP contribution in [0.5, 0.6) is 0 Å². The van der Waals surface area contributed by atoms with Gasteiger partial charge in [-0.2, -0.15) is 0 Å². The summed E-state index contributed by atoms with van der Waals surface area (Å²) in [4.78, 5) is 13.7. The number of carbonyl (C=O) groups excluding carboxylic acids is 1. The van der Waals surface area contributed by atoms with Crippen molar-refractivity contribution in [3.8, 4) is 0 Å². The molecule has 3 rings (SSSR count). The highest BCUT2D eigenvalue weighted by molar-refractivity contribution is 7.90. The van der Waals surface area contributed by atoms with Crippen LogP contribution < -0.4 is 4.90 Å². The van der Waals surface area contributed by atoms with Crippen LogP contribution in [0.2, 0.25) is 5.02 Å². The molecule has 0 spiro atoms. The number of nitrogens with zero attached hydrogens (tertiary/aromatic N) is 1. The van der Waals surface area contributed by atoms with Gasteiger partial charge in [0.15, 0.2) is 9.84 Å². The van der Waals surface area contributed by atoms with Crippen LogP contribution in [-0.2, 0) is 26.8 Å². The summed E-state index contributed by atoms with van der Waals surface area (Å²) in [7, 11) is -3.80. The highest BCUT2D eigenvalue weighted by Crippen LogP contribution is 2.36. The molecule has 0 saturated heterocycles. The summed E-state index contributed by atoms with van der Waals surface area (Å²) in [5.74, 6) is -1.25. The van der Waals surface area contributed by atoms with Crippen molar-refractivity contribution in [2.24, 2.45) is 0 Å². The average Bonchev–Trinajstić information content (AvgIpc) is 2.62. The number of rotatable bonds is 4. The minimum atomic E-state index is -3.80. The number of anilines is 1. The monoisotopic (exact) mass is 393 g/mol. The fraction of sp³-hybridized carbons (Fsp3) is 0.211. The third-order valence-electron chi connectivity index (χ3n) is 4.32. The Morgan fingerprint density at radius 3 is 2.77 bits per heavy atom. The Hall–Kier alpha value is -2.18. The molecule has 0 aliphatic carbocycles. The van der Waals surface area contributed by atoms with E-state index in [0.29, 0.717) is 24.2 Å². The van der Waals surface area contributed by atoms with E-state index < -0.39 is 15.7 Å². The third kappa shape index (κ3) is 3.52. The van der Waals surface area contributed by atoms with Crippen LogP contribution in [0.15, 0.2) is 53.9 Å². The van der Waals surface area contributed by atoms with Gasteiger partial charge in [-0.15, -0.1) is 0 Å². The third-order valence-corrected chi connectivity index (χ3v) is 6.36. The normalized spacial score (nSPS) is 14.0. The maximum atomic E-state index is 13.2. The number of para-hydroxylation sites is 1. The van der Waals surface area contributed by atoms with E-state index >= 15 is 0 Å². The number of fused-ring (bicyclic) bond motifs is 1. The number of amides is 1. The Morgan fingerprint density at radius 1 is 1.31 bits per heavy atom. The lowest BCUT2D eigenvalue weighted by atomic mass is 10.0. The molecule has 0 atom stereocenters. The van der Waals surface area contributed by atoms with Crippen molar-refractivity contribution in [3.63, 3.8) is 0 Å². The van der Waals surface area contributed by atoms with Gasteiger partial charge < -0.3 is 4.90 Å². The first-order chi connectivity index (χ1) is 12.3. The molecule has 1 amide bonds. The number of carbonyl (C=O) groups is 1. The van der Waals surface area contributed by atoms with Gasteiger partial charge in [0.05, 0.1) is 16.3 Å². The van der Waals surface area contributed by atoms with E-state index in [4.69, 9.17) is 11.6 Å². The van der Waals surface area contributed by atoms with Crippen molar-refractivity contribution in [3.05, 3.63) is 71.0 Å². The zero-order chi connectivity index (χ0) is 18.9. The Bertz CT molecular complexity index is 988. The van der Waals surface area contributed by atoms with Crippen molar-refractivity contribution in [1.82, 2.24) is 0 Å². The van der Waals surface area contributed by atoms with Crippen LogP contribution in [0.1, 0.15) is 17.5 Å². The van der Waals surface area contributed by atoms with Crippen LogP contribution in [0.25, 0.3) is 0 Å². The number of halogens is 2. The highest BCUT2D eigenvalue weighted by atomic mass is 35.5. The second-order valence-corrected chi connectivity index (χ2v) is 8.42. The first-order valence-electron chi connectivity index (χ1n) is 8.06. The van der Waals surface area contributed by atoms with Crippen molar-refractivity contribution < 1.29 is 17.6 Å². The SMILES string of the molecule is C=CC(=O)N1CCCc2cccc(S(=O)(=O)Cc3ccc(F)cc3Cl)c21. The van der Waals surface area contributed by atoms with Crippen LogP contribution in [0.4, 0.5) is 10.1 Å². The Morgan fingerprint density at radius 2 is 2.08 bits per heavy atom. The number of benzene rings is 2. The van der Waals surface area contributed by atoms with Crippen molar-refractivity contribution >= 4 is 33.0 Å².